The summed E-state index contributed by atoms with van der Waals surface area (Å²) >= 11 is 0. The highest BCUT2D eigenvalue weighted by Gasteiger charge is 2.15. The number of aliphatic hydroxyl groups is 1. The molecule has 2 rings (SSSR count). The van der Waals surface area contributed by atoms with Crippen LogP contribution >= 0.6 is 0 Å². The van der Waals surface area contributed by atoms with Crippen LogP contribution in [0.3, 0.4) is 0 Å². The lowest BCUT2D eigenvalue weighted by molar-refractivity contribution is 0.136. The van der Waals surface area contributed by atoms with Crippen LogP contribution in [0.1, 0.15) is 29.7 Å². The fourth-order valence-corrected chi connectivity index (χ4v) is 2.27. The predicted molar refractivity (Wildman–Crippen MR) is 85.4 cm³/mol. The molecule has 0 heterocycles. The zero-order valence-electron chi connectivity index (χ0n) is 12.6. The van der Waals surface area contributed by atoms with Gasteiger partial charge in [-0.1, -0.05) is 42.0 Å². The molecule has 0 radical (unpaired) electrons. The molecule has 112 valence electrons. The average Bonchev–Trinajstić information content (AvgIpc) is 2.49. The molecule has 3 heteroatoms. The van der Waals surface area contributed by atoms with Crippen LogP contribution < -0.4 is 5.32 Å². The Bertz CT molecular complexity index is 548. The van der Waals surface area contributed by atoms with E-state index in [9.17, 15) is 10.2 Å². The Hall–Kier alpha value is -1.84. The summed E-state index contributed by atoms with van der Waals surface area (Å²) in [7, 11) is 0. The lowest BCUT2D eigenvalue weighted by atomic mass is 10.0. The van der Waals surface area contributed by atoms with Crippen LogP contribution in [0.25, 0.3) is 0 Å². The summed E-state index contributed by atoms with van der Waals surface area (Å²) in [6, 6.07) is 15.1. The summed E-state index contributed by atoms with van der Waals surface area (Å²) in [6.07, 6.45) is 0.357. The summed E-state index contributed by atoms with van der Waals surface area (Å²) in [5, 5.41) is 22.9. The molecule has 2 atom stereocenters. The van der Waals surface area contributed by atoms with Gasteiger partial charge in [-0.3, -0.25) is 0 Å². The zero-order valence-corrected chi connectivity index (χ0v) is 12.6. The van der Waals surface area contributed by atoms with E-state index in [1.165, 1.54) is 11.1 Å². The molecule has 0 saturated carbocycles. The maximum absolute atomic E-state index is 10.3. The first-order valence-electron chi connectivity index (χ1n) is 7.32. The molecular formula is C18H23NO2. The fourth-order valence-electron chi connectivity index (χ4n) is 2.27. The molecule has 0 aliphatic rings. The average molecular weight is 285 g/mol. The first kappa shape index (κ1) is 15.5. The van der Waals surface area contributed by atoms with Crippen molar-refractivity contribution in [1.29, 1.82) is 0 Å². The molecule has 0 aliphatic heterocycles. The third-order valence-corrected chi connectivity index (χ3v) is 3.71. The lowest BCUT2D eigenvalue weighted by Crippen LogP contribution is -2.33. The molecule has 0 amide bonds. The van der Waals surface area contributed by atoms with Gasteiger partial charge in [0.25, 0.3) is 0 Å². The smallest absolute Gasteiger partial charge is 0.115 e. The van der Waals surface area contributed by atoms with Gasteiger partial charge in [-0.2, -0.15) is 0 Å². The number of phenols is 1. The lowest BCUT2D eigenvalue weighted by Gasteiger charge is -2.20. The van der Waals surface area contributed by atoms with Gasteiger partial charge in [-0.25, -0.2) is 0 Å². The van der Waals surface area contributed by atoms with Gasteiger partial charge in [0.05, 0.1) is 6.10 Å². The van der Waals surface area contributed by atoms with Gasteiger partial charge < -0.3 is 15.5 Å². The van der Waals surface area contributed by atoms with Crippen molar-refractivity contribution in [3.8, 4) is 5.75 Å². The molecule has 2 aromatic carbocycles. The monoisotopic (exact) mass is 285 g/mol. The predicted octanol–water partition coefficient (Wildman–Crippen LogP) is 2.95. The summed E-state index contributed by atoms with van der Waals surface area (Å²) in [5.74, 6) is 0.214. The Balaban J connectivity index is 1.82. The van der Waals surface area contributed by atoms with Gasteiger partial charge in [0, 0.05) is 6.04 Å². The number of rotatable bonds is 6. The van der Waals surface area contributed by atoms with Crippen LogP contribution in [0, 0.1) is 6.92 Å². The fraction of sp³-hybridized carbons (Fsp3) is 0.333. The van der Waals surface area contributed by atoms with Gasteiger partial charge in [0.1, 0.15) is 5.75 Å². The number of aliphatic hydroxyl groups excluding tert-OH is 1. The first-order valence-corrected chi connectivity index (χ1v) is 7.32. The van der Waals surface area contributed by atoms with Gasteiger partial charge in [-0.05, 0) is 50.1 Å². The molecule has 0 bridgehead atoms. The Morgan fingerprint density at radius 2 is 1.62 bits per heavy atom. The third kappa shape index (κ3) is 4.59. The summed E-state index contributed by atoms with van der Waals surface area (Å²) in [5.41, 5.74) is 3.37. The Kier molecular flexibility index (Phi) is 5.37. The number of benzene rings is 2. The number of aryl methyl sites for hydroxylation is 1. The second-order valence-corrected chi connectivity index (χ2v) is 5.51. The second kappa shape index (κ2) is 7.25. The molecular weight excluding hydrogens is 262 g/mol. The standard InChI is InChI=1S/C18H23NO2/c1-13-3-5-15(6-4-13)11-12-19-14(2)18(21)16-7-9-17(20)10-8-16/h3-10,14,18-21H,11-12H2,1-2H3. The van der Waals surface area contributed by atoms with Crippen molar-refractivity contribution in [2.45, 2.75) is 32.4 Å². The normalized spacial score (nSPS) is 13.9. The highest BCUT2D eigenvalue weighted by Crippen LogP contribution is 2.19. The quantitative estimate of drug-likeness (QED) is 0.765. The van der Waals surface area contributed by atoms with Gasteiger partial charge >= 0.3 is 0 Å². The van der Waals surface area contributed by atoms with Crippen molar-refractivity contribution >= 4 is 0 Å². The van der Waals surface area contributed by atoms with Crippen molar-refractivity contribution < 1.29 is 10.2 Å². The van der Waals surface area contributed by atoms with Crippen LogP contribution in [-0.4, -0.2) is 22.8 Å². The van der Waals surface area contributed by atoms with E-state index in [0.29, 0.717) is 0 Å². The molecule has 0 aromatic heterocycles. The van der Waals surface area contributed by atoms with Crippen molar-refractivity contribution in [3.63, 3.8) is 0 Å². The van der Waals surface area contributed by atoms with Crippen molar-refractivity contribution in [1.82, 2.24) is 5.32 Å². The molecule has 0 spiro atoms. The number of hydrogen-bond acceptors (Lipinski definition) is 3. The van der Waals surface area contributed by atoms with Crippen LogP contribution in [0.5, 0.6) is 5.75 Å². The van der Waals surface area contributed by atoms with Gasteiger partial charge in [0.2, 0.25) is 0 Å². The summed E-state index contributed by atoms with van der Waals surface area (Å²) in [4.78, 5) is 0. The SMILES string of the molecule is Cc1ccc(CCNC(C)C(O)c2ccc(O)cc2)cc1. The van der Waals surface area contributed by atoms with Crippen LogP contribution in [0.2, 0.25) is 0 Å². The number of aromatic hydroxyl groups is 1. The van der Waals surface area contributed by atoms with Crippen molar-refractivity contribution in [2.24, 2.45) is 0 Å². The van der Waals surface area contributed by atoms with Gasteiger partial charge in [-0.15, -0.1) is 0 Å². The Morgan fingerprint density at radius 1 is 1.00 bits per heavy atom. The van der Waals surface area contributed by atoms with E-state index in [1.807, 2.05) is 6.92 Å². The number of hydrogen-bond donors (Lipinski definition) is 3. The summed E-state index contributed by atoms with van der Waals surface area (Å²) in [6.45, 7) is 4.87. The molecule has 3 nitrogen and oxygen atoms in total. The van der Waals surface area contributed by atoms with E-state index in [0.717, 1.165) is 18.5 Å². The number of phenolic OH excluding ortho intramolecular Hbond substituents is 1. The topological polar surface area (TPSA) is 52.5 Å². The maximum Gasteiger partial charge on any atom is 0.115 e. The molecule has 0 fully saturated rings. The van der Waals surface area contributed by atoms with E-state index in [-0.39, 0.29) is 11.8 Å². The van der Waals surface area contributed by atoms with E-state index in [1.54, 1.807) is 24.3 Å². The molecule has 21 heavy (non-hydrogen) atoms. The van der Waals surface area contributed by atoms with Crippen molar-refractivity contribution in [2.75, 3.05) is 6.54 Å². The van der Waals surface area contributed by atoms with Crippen LogP contribution in [-0.2, 0) is 6.42 Å². The minimum absolute atomic E-state index is 0.0417. The molecule has 3 N–H and O–H groups in total. The van der Waals surface area contributed by atoms with Crippen LogP contribution in [0.15, 0.2) is 48.5 Å². The zero-order chi connectivity index (χ0) is 15.2. The Labute approximate surface area is 126 Å². The molecule has 0 aliphatic carbocycles. The van der Waals surface area contributed by atoms with Gasteiger partial charge in [0.15, 0.2) is 0 Å². The highest BCUT2D eigenvalue weighted by molar-refractivity contribution is 5.28. The molecule has 2 unspecified atom stereocenters. The van der Waals surface area contributed by atoms with E-state index in [2.05, 4.69) is 36.5 Å². The van der Waals surface area contributed by atoms with E-state index in [4.69, 9.17) is 0 Å². The molecule has 2 aromatic rings. The van der Waals surface area contributed by atoms with E-state index < -0.39 is 6.10 Å². The maximum atomic E-state index is 10.3. The minimum Gasteiger partial charge on any atom is -0.508 e. The first-order chi connectivity index (χ1) is 10.1. The highest BCUT2D eigenvalue weighted by atomic mass is 16.3. The van der Waals surface area contributed by atoms with Crippen molar-refractivity contribution in [3.05, 3.63) is 65.2 Å². The largest absolute Gasteiger partial charge is 0.508 e. The molecule has 0 saturated heterocycles. The van der Waals surface area contributed by atoms with Crippen LogP contribution in [0.4, 0.5) is 0 Å². The Morgan fingerprint density at radius 3 is 2.24 bits per heavy atom. The van der Waals surface area contributed by atoms with E-state index >= 15 is 0 Å². The summed E-state index contributed by atoms with van der Waals surface area (Å²) < 4.78 is 0. The number of nitrogens with one attached hydrogen (secondary N) is 1. The third-order valence-electron chi connectivity index (χ3n) is 3.71. The second-order valence-electron chi connectivity index (χ2n) is 5.51. The minimum atomic E-state index is -0.580.